The molecular weight excluding hydrogens is 628 g/mol. The fraction of sp³-hybridized carbons (Fsp3) is 0.667. The van der Waals surface area contributed by atoms with Gasteiger partial charge < -0.3 is 9.84 Å². The molecule has 0 saturated carbocycles. The molecule has 0 amide bonds. The number of alkyl halides is 20. The zero-order chi connectivity index (χ0) is 32.2. The van der Waals surface area contributed by atoms with Crippen LogP contribution in [0.5, 0.6) is 5.75 Å². The first-order chi connectivity index (χ1) is 17.3. The zero-order valence-corrected chi connectivity index (χ0v) is 18.2. The van der Waals surface area contributed by atoms with Gasteiger partial charge in [0.25, 0.3) is 0 Å². The van der Waals surface area contributed by atoms with Gasteiger partial charge in [0.05, 0.1) is 6.61 Å². The van der Waals surface area contributed by atoms with Gasteiger partial charge in [-0.05, 0) is 17.7 Å². The minimum atomic E-state index is -8.35. The molecule has 2 nitrogen and oxygen atoms in total. The van der Waals surface area contributed by atoms with Crippen molar-refractivity contribution >= 4 is 0 Å². The Kier molecular flexibility index (Phi) is 9.03. The first kappa shape index (κ1) is 35.6. The van der Waals surface area contributed by atoms with Gasteiger partial charge in [-0.3, -0.25) is 0 Å². The highest BCUT2D eigenvalue weighted by Crippen LogP contribution is 2.62. The first-order valence-corrected chi connectivity index (χ1v) is 9.53. The smallest absolute Gasteiger partial charge is 0.460 e. The van der Waals surface area contributed by atoms with E-state index >= 15 is 0 Å². The van der Waals surface area contributed by atoms with Crippen LogP contribution in [0.4, 0.5) is 87.8 Å². The molecule has 1 aromatic carbocycles. The van der Waals surface area contributed by atoms with Crippen molar-refractivity contribution in [1.82, 2.24) is 0 Å². The Labute approximate surface area is 207 Å². The lowest BCUT2D eigenvalue weighted by molar-refractivity contribution is -0.445. The third-order valence-corrected chi connectivity index (χ3v) is 5.00. The van der Waals surface area contributed by atoms with Gasteiger partial charge in [0.2, 0.25) is 0 Å². The van der Waals surface area contributed by atoms with E-state index in [1.165, 1.54) is 0 Å². The number of rotatable bonds is 11. The van der Waals surface area contributed by atoms with Gasteiger partial charge in [0, 0.05) is 6.42 Å². The summed E-state index contributed by atoms with van der Waals surface area (Å²) in [6.07, 6.45) is -22.2. The van der Waals surface area contributed by atoms with Gasteiger partial charge in [-0.25, -0.2) is 0 Å². The van der Waals surface area contributed by atoms with E-state index in [-0.39, 0.29) is 24.3 Å². The van der Waals surface area contributed by atoms with Crippen molar-refractivity contribution < 1.29 is 97.7 Å². The Hall–Kier alpha value is -2.42. The molecule has 0 aliphatic rings. The molecule has 0 aliphatic heterocycles. The van der Waals surface area contributed by atoms with E-state index in [1.807, 2.05) is 0 Å². The Morgan fingerprint density at radius 2 is 0.900 bits per heavy atom. The zero-order valence-electron chi connectivity index (χ0n) is 18.2. The minimum Gasteiger partial charge on any atom is -0.508 e. The van der Waals surface area contributed by atoms with Crippen LogP contribution in [-0.4, -0.2) is 65.5 Å². The van der Waals surface area contributed by atoms with E-state index < -0.39 is 84.3 Å². The van der Waals surface area contributed by atoms with Crippen LogP contribution in [0.3, 0.4) is 0 Å². The highest BCUT2D eigenvalue weighted by Gasteiger charge is 2.91. The van der Waals surface area contributed by atoms with Gasteiger partial charge in [-0.15, -0.1) is 0 Å². The summed E-state index contributed by atoms with van der Waals surface area (Å²) in [4.78, 5) is 0. The van der Waals surface area contributed by atoms with E-state index in [0.29, 0.717) is 0 Å². The summed E-state index contributed by atoms with van der Waals surface area (Å²) in [7, 11) is 0. The minimum absolute atomic E-state index is 0.0347. The predicted octanol–water partition coefficient (Wildman–Crippen LogP) is 8.41. The summed E-state index contributed by atoms with van der Waals surface area (Å²) in [5.74, 6) is -54.2. The second-order valence-corrected chi connectivity index (χ2v) is 7.79. The molecule has 0 bridgehead atoms. The molecule has 22 heteroatoms. The summed E-state index contributed by atoms with van der Waals surface area (Å²) in [6, 6.07) is 0.341. The molecular formula is C18H10F20O2. The molecule has 1 atom stereocenters. The number of hydrogen-bond donors (Lipinski definition) is 1. The first-order valence-electron chi connectivity index (χ1n) is 9.53. The van der Waals surface area contributed by atoms with Crippen LogP contribution in [0, 0.1) is 0 Å². The average molecular weight is 638 g/mol. The maximum atomic E-state index is 14.6. The van der Waals surface area contributed by atoms with Crippen LogP contribution in [0.2, 0.25) is 0 Å². The van der Waals surface area contributed by atoms with E-state index in [2.05, 4.69) is 4.74 Å². The lowest BCUT2D eigenvalue weighted by Crippen LogP contribution is -2.70. The number of halogens is 20. The van der Waals surface area contributed by atoms with Gasteiger partial charge in [-0.2, -0.15) is 87.8 Å². The molecule has 0 aliphatic carbocycles. The summed E-state index contributed by atoms with van der Waals surface area (Å²) < 4.78 is 268. The Morgan fingerprint density at radius 3 is 1.27 bits per heavy atom. The van der Waals surface area contributed by atoms with Crippen LogP contribution < -0.4 is 0 Å². The molecule has 0 saturated heterocycles. The van der Waals surface area contributed by atoms with Crippen molar-refractivity contribution in [2.24, 2.45) is 0 Å². The highest BCUT2D eigenvalue weighted by atomic mass is 19.4. The van der Waals surface area contributed by atoms with Crippen LogP contribution >= 0.6 is 0 Å². The van der Waals surface area contributed by atoms with Crippen LogP contribution in [-0.2, 0) is 4.74 Å². The van der Waals surface area contributed by atoms with Crippen LogP contribution in [0.25, 0.3) is 0 Å². The Morgan fingerprint density at radius 1 is 0.525 bits per heavy atom. The predicted molar refractivity (Wildman–Crippen MR) is 88.2 cm³/mol. The van der Waals surface area contributed by atoms with Gasteiger partial charge >= 0.3 is 53.8 Å². The van der Waals surface area contributed by atoms with Gasteiger partial charge in [0.15, 0.2) is 6.10 Å². The maximum Gasteiger partial charge on any atom is 0.460 e. The molecule has 1 rings (SSSR count). The highest BCUT2D eigenvalue weighted by molar-refractivity contribution is 5.29. The molecule has 1 N–H and O–H groups in total. The summed E-state index contributed by atoms with van der Waals surface area (Å²) in [6.45, 7) is -2.61. The Balaban J connectivity index is 3.62. The molecule has 0 fully saturated rings. The lowest BCUT2D eigenvalue weighted by Gasteiger charge is -2.41. The van der Waals surface area contributed by atoms with E-state index in [1.54, 1.807) is 0 Å². The SMILES string of the molecule is Oc1ccc(C(OCCC(F)(F)C(F)(F)C(F)(F)F)C(F)(F)C(F)(F)C(F)(F)C(F)(F)C(F)(F)C(F)(F)F)cc1. The molecule has 1 aromatic rings. The topological polar surface area (TPSA) is 29.5 Å². The summed E-state index contributed by atoms with van der Waals surface area (Å²) in [5.41, 5.74) is -1.74. The van der Waals surface area contributed by atoms with Crippen molar-refractivity contribution in [2.75, 3.05) is 6.61 Å². The summed E-state index contributed by atoms with van der Waals surface area (Å²) >= 11 is 0. The standard InChI is InChI=1S/C18H10F20O2/c19-10(20,12(23,24)17(33,34)35)5-6-40-9(7-1-3-8(39)4-2-7)11(21,22)13(25,26)14(27,28)15(29,30)16(31,32)18(36,37)38/h1-4,9,39H,5-6H2. The third-order valence-electron chi connectivity index (χ3n) is 5.00. The van der Waals surface area contributed by atoms with Crippen molar-refractivity contribution in [3.8, 4) is 5.75 Å². The van der Waals surface area contributed by atoms with E-state index in [4.69, 9.17) is 5.11 Å². The fourth-order valence-corrected chi connectivity index (χ4v) is 2.67. The molecule has 0 heterocycles. The molecule has 0 aromatic heterocycles. The maximum absolute atomic E-state index is 14.6. The molecule has 234 valence electrons. The quantitative estimate of drug-likeness (QED) is 0.247. The molecule has 0 radical (unpaired) electrons. The number of benzene rings is 1. The lowest BCUT2D eigenvalue weighted by atomic mass is 9.89. The normalized spacial score (nSPS) is 16.3. The largest absolute Gasteiger partial charge is 0.508 e. The monoisotopic (exact) mass is 638 g/mol. The number of ether oxygens (including phenoxy) is 1. The number of hydrogen-bond acceptors (Lipinski definition) is 2. The van der Waals surface area contributed by atoms with Crippen molar-refractivity contribution in [3.63, 3.8) is 0 Å². The second kappa shape index (κ2) is 10.1. The van der Waals surface area contributed by atoms with E-state index in [9.17, 15) is 87.8 Å². The van der Waals surface area contributed by atoms with E-state index in [0.717, 1.165) is 0 Å². The fourth-order valence-electron chi connectivity index (χ4n) is 2.67. The van der Waals surface area contributed by atoms with Gasteiger partial charge in [-0.1, -0.05) is 12.1 Å². The molecule has 1 unspecified atom stereocenters. The van der Waals surface area contributed by atoms with Gasteiger partial charge in [0.1, 0.15) is 5.75 Å². The van der Waals surface area contributed by atoms with Crippen molar-refractivity contribution in [1.29, 1.82) is 0 Å². The number of phenols is 1. The van der Waals surface area contributed by atoms with Crippen molar-refractivity contribution in [3.05, 3.63) is 29.8 Å². The van der Waals surface area contributed by atoms with Crippen molar-refractivity contribution in [2.45, 2.75) is 66.3 Å². The Bertz CT molecular complexity index is 1010. The average Bonchev–Trinajstić information content (AvgIpc) is 2.75. The number of phenolic OH excluding ortho intramolecular Hbond substituents is 1. The third kappa shape index (κ3) is 5.55. The van der Waals surface area contributed by atoms with Crippen LogP contribution in [0.1, 0.15) is 18.1 Å². The second-order valence-electron chi connectivity index (χ2n) is 7.79. The van der Waals surface area contributed by atoms with Crippen LogP contribution in [0.15, 0.2) is 24.3 Å². The molecule has 40 heavy (non-hydrogen) atoms. The molecule has 0 spiro atoms. The number of aromatic hydroxyl groups is 1. The summed E-state index contributed by atoms with van der Waals surface area (Å²) in [5, 5.41) is 9.08.